The summed E-state index contributed by atoms with van der Waals surface area (Å²) in [5.41, 5.74) is 1.33. The predicted octanol–water partition coefficient (Wildman–Crippen LogP) is 3.79. The fourth-order valence-corrected chi connectivity index (χ4v) is 2.37. The SMILES string of the molecule is CCOC(=O)c1ccccc1Nc1nccc(C(=O)Nc2ccc(F)cc2)n1. The summed E-state index contributed by atoms with van der Waals surface area (Å²) in [4.78, 5) is 32.7. The number of anilines is 3. The van der Waals surface area contributed by atoms with Gasteiger partial charge in [-0.2, -0.15) is 0 Å². The normalized spacial score (nSPS) is 10.2. The van der Waals surface area contributed by atoms with Crippen molar-refractivity contribution in [2.45, 2.75) is 6.92 Å². The molecule has 8 heteroatoms. The molecule has 0 spiro atoms. The third kappa shape index (κ3) is 4.67. The second kappa shape index (κ2) is 8.72. The predicted molar refractivity (Wildman–Crippen MR) is 102 cm³/mol. The van der Waals surface area contributed by atoms with Gasteiger partial charge in [-0.05, 0) is 49.4 Å². The van der Waals surface area contributed by atoms with Gasteiger partial charge in [0.2, 0.25) is 5.95 Å². The Balaban J connectivity index is 1.78. The molecule has 28 heavy (non-hydrogen) atoms. The van der Waals surface area contributed by atoms with E-state index in [1.54, 1.807) is 31.2 Å². The number of nitrogens with zero attached hydrogens (tertiary/aromatic N) is 2. The Morgan fingerprint density at radius 2 is 1.82 bits per heavy atom. The molecule has 142 valence electrons. The van der Waals surface area contributed by atoms with E-state index in [1.165, 1.54) is 36.5 Å². The molecule has 0 atom stereocenters. The summed E-state index contributed by atoms with van der Waals surface area (Å²) in [5, 5.41) is 5.55. The van der Waals surface area contributed by atoms with Crippen molar-refractivity contribution in [2.75, 3.05) is 17.2 Å². The second-order valence-corrected chi connectivity index (χ2v) is 5.62. The average molecular weight is 380 g/mol. The summed E-state index contributed by atoms with van der Waals surface area (Å²) >= 11 is 0. The van der Waals surface area contributed by atoms with Gasteiger partial charge in [-0.25, -0.2) is 19.2 Å². The first kappa shape index (κ1) is 19.0. The first-order chi connectivity index (χ1) is 13.6. The molecule has 3 rings (SSSR count). The highest BCUT2D eigenvalue weighted by Crippen LogP contribution is 2.20. The van der Waals surface area contributed by atoms with Crippen LogP contribution in [0, 0.1) is 5.82 Å². The molecule has 2 aromatic carbocycles. The third-order valence-electron chi connectivity index (χ3n) is 3.66. The van der Waals surface area contributed by atoms with Crippen LogP contribution < -0.4 is 10.6 Å². The van der Waals surface area contributed by atoms with Crippen LogP contribution in [0.4, 0.5) is 21.7 Å². The van der Waals surface area contributed by atoms with E-state index in [9.17, 15) is 14.0 Å². The first-order valence-electron chi connectivity index (χ1n) is 8.50. The van der Waals surface area contributed by atoms with E-state index in [1.807, 2.05) is 0 Å². The van der Waals surface area contributed by atoms with Gasteiger partial charge in [0, 0.05) is 11.9 Å². The van der Waals surface area contributed by atoms with E-state index >= 15 is 0 Å². The standard InChI is InChI=1S/C20H17FN4O3/c1-2-28-19(27)15-5-3-4-6-16(15)24-20-22-12-11-17(25-20)18(26)23-14-9-7-13(21)8-10-14/h3-12H,2H2,1H3,(H,23,26)(H,22,24,25). The summed E-state index contributed by atoms with van der Waals surface area (Å²) in [6.07, 6.45) is 1.42. The van der Waals surface area contributed by atoms with Gasteiger partial charge in [-0.1, -0.05) is 12.1 Å². The molecule has 0 aliphatic heterocycles. The number of benzene rings is 2. The summed E-state index contributed by atoms with van der Waals surface area (Å²) in [6.45, 7) is 1.98. The molecule has 0 saturated heterocycles. The van der Waals surface area contributed by atoms with Gasteiger partial charge in [0.1, 0.15) is 11.5 Å². The van der Waals surface area contributed by atoms with Gasteiger partial charge in [0.15, 0.2) is 0 Å². The van der Waals surface area contributed by atoms with Crippen LogP contribution in [0.25, 0.3) is 0 Å². The highest BCUT2D eigenvalue weighted by molar-refractivity contribution is 6.03. The minimum absolute atomic E-state index is 0.107. The molecule has 1 heterocycles. The highest BCUT2D eigenvalue weighted by Gasteiger charge is 2.14. The largest absolute Gasteiger partial charge is 0.462 e. The molecule has 0 unspecified atom stereocenters. The minimum atomic E-state index is -0.476. The molecule has 0 radical (unpaired) electrons. The molecule has 1 aromatic heterocycles. The number of esters is 1. The summed E-state index contributed by atoms with van der Waals surface area (Å²) < 4.78 is 18.0. The number of amides is 1. The van der Waals surface area contributed by atoms with Crippen LogP contribution in [0.15, 0.2) is 60.8 Å². The number of aromatic nitrogens is 2. The van der Waals surface area contributed by atoms with Crippen LogP contribution in [0.3, 0.4) is 0 Å². The zero-order valence-electron chi connectivity index (χ0n) is 15.0. The molecule has 7 nitrogen and oxygen atoms in total. The van der Waals surface area contributed by atoms with Crippen LogP contribution in [0.2, 0.25) is 0 Å². The maximum absolute atomic E-state index is 13.0. The Labute approximate surface area is 160 Å². The van der Waals surface area contributed by atoms with Crippen molar-refractivity contribution in [3.63, 3.8) is 0 Å². The number of carbonyl (C=O) groups is 2. The lowest BCUT2D eigenvalue weighted by Gasteiger charge is -2.11. The molecule has 1 amide bonds. The molecular weight excluding hydrogens is 363 g/mol. The molecule has 3 aromatic rings. The molecule has 0 bridgehead atoms. The lowest BCUT2D eigenvalue weighted by molar-refractivity contribution is 0.0527. The van der Waals surface area contributed by atoms with Gasteiger partial charge in [0.25, 0.3) is 5.91 Å². The van der Waals surface area contributed by atoms with Crippen LogP contribution in [-0.4, -0.2) is 28.5 Å². The van der Waals surface area contributed by atoms with Gasteiger partial charge in [0.05, 0.1) is 17.9 Å². The van der Waals surface area contributed by atoms with E-state index in [2.05, 4.69) is 20.6 Å². The number of carbonyl (C=O) groups excluding carboxylic acids is 2. The van der Waals surface area contributed by atoms with Crippen molar-refractivity contribution >= 4 is 29.2 Å². The number of ether oxygens (including phenoxy) is 1. The van der Waals surface area contributed by atoms with E-state index in [4.69, 9.17) is 4.74 Å². The minimum Gasteiger partial charge on any atom is -0.462 e. The Morgan fingerprint density at radius 1 is 1.07 bits per heavy atom. The molecule has 0 aliphatic rings. The van der Waals surface area contributed by atoms with E-state index in [-0.39, 0.29) is 18.2 Å². The van der Waals surface area contributed by atoms with Crippen molar-refractivity contribution < 1.29 is 18.7 Å². The Morgan fingerprint density at radius 3 is 2.57 bits per heavy atom. The Hall–Kier alpha value is -3.81. The Bertz CT molecular complexity index is 993. The van der Waals surface area contributed by atoms with Crippen LogP contribution in [0.1, 0.15) is 27.8 Å². The number of rotatable bonds is 6. The van der Waals surface area contributed by atoms with Crippen molar-refractivity contribution in [1.82, 2.24) is 9.97 Å². The zero-order valence-corrected chi connectivity index (χ0v) is 15.0. The third-order valence-corrected chi connectivity index (χ3v) is 3.66. The molecule has 0 saturated carbocycles. The maximum Gasteiger partial charge on any atom is 0.340 e. The van der Waals surface area contributed by atoms with Crippen molar-refractivity contribution in [2.24, 2.45) is 0 Å². The van der Waals surface area contributed by atoms with Gasteiger partial charge < -0.3 is 15.4 Å². The van der Waals surface area contributed by atoms with Crippen molar-refractivity contribution in [3.05, 3.63) is 77.9 Å². The quantitative estimate of drug-likeness (QED) is 0.632. The zero-order chi connectivity index (χ0) is 19.9. The second-order valence-electron chi connectivity index (χ2n) is 5.62. The first-order valence-corrected chi connectivity index (χ1v) is 8.50. The summed E-state index contributed by atoms with van der Waals surface area (Å²) in [6, 6.07) is 13.6. The van der Waals surface area contributed by atoms with Gasteiger partial charge in [-0.15, -0.1) is 0 Å². The average Bonchev–Trinajstić information content (AvgIpc) is 2.70. The van der Waals surface area contributed by atoms with Crippen LogP contribution in [-0.2, 0) is 4.74 Å². The monoisotopic (exact) mass is 380 g/mol. The molecule has 0 aliphatic carbocycles. The van der Waals surface area contributed by atoms with Crippen molar-refractivity contribution in [1.29, 1.82) is 0 Å². The van der Waals surface area contributed by atoms with Crippen LogP contribution >= 0.6 is 0 Å². The fourth-order valence-electron chi connectivity index (χ4n) is 2.37. The highest BCUT2D eigenvalue weighted by atomic mass is 19.1. The molecule has 2 N–H and O–H groups in total. The number of nitrogens with one attached hydrogen (secondary N) is 2. The van der Waals surface area contributed by atoms with E-state index in [0.717, 1.165) is 0 Å². The smallest absolute Gasteiger partial charge is 0.340 e. The lowest BCUT2D eigenvalue weighted by atomic mass is 10.2. The fraction of sp³-hybridized carbons (Fsp3) is 0.100. The molecular formula is C20H17FN4O3. The summed E-state index contributed by atoms with van der Waals surface area (Å²) in [5.74, 6) is -1.21. The van der Waals surface area contributed by atoms with Crippen molar-refractivity contribution in [3.8, 4) is 0 Å². The topological polar surface area (TPSA) is 93.2 Å². The van der Waals surface area contributed by atoms with E-state index < -0.39 is 17.7 Å². The van der Waals surface area contributed by atoms with Gasteiger partial charge in [-0.3, -0.25) is 4.79 Å². The number of hydrogen-bond donors (Lipinski definition) is 2. The molecule has 0 fully saturated rings. The Kier molecular flexibility index (Phi) is 5.91. The van der Waals surface area contributed by atoms with Gasteiger partial charge >= 0.3 is 5.97 Å². The number of halogens is 1. The number of para-hydroxylation sites is 1. The van der Waals surface area contributed by atoms with Crippen LogP contribution in [0.5, 0.6) is 0 Å². The lowest BCUT2D eigenvalue weighted by Crippen LogP contribution is -2.15. The summed E-state index contributed by atoms with van der Waals surface area (Å²) in [7, 11) is 0. The maximum atomic E-state index is 13.0. The number of hydrogen-bond acceptors (Lipinski definition) is 6. The van der Waals surface area contributed by atoms with E-state index in [0.29, 0.717) is 16.9 Å².